The van der Waals surface area contributed by atoms with Crippen LogP contribution in [0.5, 0.6) is 0 Å². The molecule has 0 aliphatic rings. The summed E-state index contributed by atoms with van der Waals surface area (Å²) < 4.78 is 0. The summed E-state index contributed by atoms with van der Waals surface area (Å²) >= 11 is 0. The second-order valence-corrected chi connectivity index (χ2v) is 6.14. The Morgan fingerprint density at radius 1 is 1.25 bits per heavy atom. The van der Waals surface area contributed by atoms with Gasteiger partial charge in [0, 0.05) is 5.92 Å². The maximum Gasteiger partial charge on any atom is 0.124 e. The Bertz CT molecular complexity index is 595. The minimum Gasteiger partial charge on any atom is -0.341 e. The highest BCUT2D eigenvalue weighted by Crippen LogP contribution is 2.27. The molecule has 108 valence electrons. The Balaban J connectivity index is 2.38. The van der Waals surface area contributed by atoms with Gasteiger partial charge in [0.25, 0.3) is 0 Å². The number of hydrogen-bond donors (Lipinski definition) is 2. The van der Waals surface area contributed by atoms with Crippen molar-refractivity contribution >= 4 is 11.0 Å². The summed E-state index contributed by atoms with van der Waals surface area (Å²) in [5, 5.41) is 0. The molecule has 0 saturated carbocycles. The number of nitrogens with zero attached hydrogens (tertiary/aromatic N) is 1. The maximum atomic E-state index is 6.35. The highest BCUT2D eigenvalue weighted by atomic mass is 15.0. The van der Waals surface area contributed by atoms with Crippen LogP contribution in [0.2, 0.25) is 0 Å². The summed E-state index contributed by atoms with van der Waals surface area (Å²) in [6.07, 6.45) is 1.93. The van der Waals surface area contributed by atoms with E-state index < -0.39 is 0 Å². The summed E-state index contributed by atoms with van der Waals surface area (Å²) in [4.78, 5) is 8.01. The molecule has 2 aromatic rings. The molecule has 0 aliphatic carbocycles. The van der Waals surface area contributed by atoms with Crippen LogP contribution in [0.3, 0.4) is 0 Å². The first-order chi connectivity index (χ1) is 9.43. The minimum atomic E-state index is -0.137. The molecular formula is C17H25N3. The van der Waals surface area contributed by atoms with Gasteiger partial charge in [-0.25, -0.2) is 4.98 Å². The fourth-order valence-electron chi connectivity index (χ4n) is 2.58. The smallest absolute Gasteiger partial charge is 0.124 e. The molecule has 0 saturated heterocycles. The van der Waals surface area contributed by atoms with Gasteiger partial charge in [0.2, 0.25) is 0 Å². The lowest BCUT2D eigenvalue weighted by Gasteiger charge is -2.22. The first kappa shape index (κ1) is 14.8. The number of benzene rings is 1. The molecule has 20 heavy (non-hydrogen) atoms. The van der Waals surface area contributed by atoms with Gasteiger partial charge in [0.1, 0.15) is 5.82 Å². The summed E-state index contributed by atoms with van der Waals surface area (Å²) in [5.74, 6) is 2.03. The first-order valence-corrected chi connectivity index (χ1v) is 7.31. The zero-order chi connectivity index (χ0) is 14.9. The van der Waals surface area contributed by atoms with Gasteiger partial charge in [-0.1, -0.05) is 39.8 Å². The predicted octanol–water partition coefficient (Wildman–Crippen LogP) is 4.14. The van der Waals surface area contributed by atoms with Crippen molar-refractivity contribution in [3.8, 4) is 0 Å². The van der Waals surface area contributed by atoms with Gasteiger partial charge in [-0.05, 0) is 29.5 Å². The summed E-state index contributed by atoms with van der Waals surface area (Å²) in [5.41, 5.74) is 9.70. The van der Waals surface area contributed by atoms with Crippen LogP contribution < -0.4 is 5.73 Å². The van der Waals surface area contributed by atoms with Crippen LogP contribution in [0.15, 0.2) is 30.9 Å². The molecule has 2 unspecified atom stereocenters. The Morgan fingerprint density at radius 3 is 2.50 bits per heavy atom. The lowest BCUT2D eigenvalue weighted by atomic mass is 9.89. The number of aromatic amines is 1. The van der Waals surface area contributed by atoms with Gasteiger partial charge in [-0.15, -0.1) is 6.58 Å². The first-order valence-electron chi connectivity index (χ1n) is 7.31. The van der Waals surface area contributed by atoms with E-state index in [0.29, 0.717) is 11.8 Å². The molecule has 0 radical (unpaired) electrons. The van der Waals surface area contributed by atoms with Crippen molar-refractivity contribution < 1.29 is 0 Å². The largest absolute Gasteiger partial charge is 0.341 e. The van der Waals surface area contributed by atoms with E-state index >= 15 is 0 Å². The number of nitrogens with one attached hydrogen (secondary N) is 1. The zero-order valence-corrected chi connectivity index (χ0v) is 12.9. The van der Waals surface area contributed by atoms with E-state index in [1.807, 2.05) is 6.08 Å². The molecule has 0 bridgehead atoms. The molecule has 2 atom stereocenters. The van der Waals surface area contributed by atoms with Crippen LogP contribution in [0.1, 0.15) is 51.0 Å². The molecule has 1 heterocycles. The molecule has 3 nitrogen and oxygen atoms in total. The van der Waals surface area contributed by atoms with E-state index in [4.69, 9.17) is 5.73 Å². The van der Waals surface area contributed by atoms with E-state index in [-0.39, 0.29) is 12.0 Å². The number of nitrogens with two attached hydrogens (primary N) is 1. The molecule has 0 spiro atoms. The van der Waals surface area contributed by atoms with Crippen LogP contribution in [0.25, 0.3) is 11.0 Å². The van der Waals surface area contributed by atoms with Crippen LogP contribution in [0.4, 0.5) is 0 Å². The van der Waals surface area contributed by atoms with Crippen molar-refractivity contribution in [2.24, 2.45) is 17.6 Å². The molecular weight excluding hydrogens is 246 g/mol. The van der Waals surface area contributed by atoms with Gasteiger partial charge in [-0.2, -0.15) is 0 Å². The second-order valence-electron chi connectivity index (χ2n) is 6.14. The molecule has 0 aliphatic heterocycles. The second kappa shape index (κ2) is 5.80. The highest BCUT2D eigenvalue weighted by Gasteiger charge is 2.22. The zero-order valence-electron chi connectivity index (χ0n) is 12.9. The van der Waals surface area contributed by atoms with Crippen molar-refractivity contribution in [1.82, 2.24) is 9.97 Å². The van der Waals surface area contributed by atoms with E-state index in [2.05, 4.69) is 62.4 Å². The topological polar surface area (TPSA) is 54.7 Å². The van der Waals surface area contributed by atoms with E-state index in [1.54, 1.807) is 0 Å². The average molecular weight is 271 g/mol. The van der Waals surface area contributed by atoms with E-state index in [1.165, 1.54) is 5.56 Å². The average Bonchev–Trinajstić information content (AvgIpc) is 2.81. The molecule has 2 rings (SSSR count). The standard InChI is InChI=1S/C17H25N3/c1-6-13(11(4)5)16(18)17-19-14-8-7-12(10(2)3)9-15(14)20-17/h6-11,13,16H,1,18H2,2-5H3,(H,19,20). The molecule has 1 aromatic carbocycles. The number of imidazole rings is 1. The molecule has 3 heteroatoms. The maximum absolute atomic E-state index is 6.35. The molecule has 1 aromatic heterocycles. The van der Waals surface area contributed by atoms with Gasteiger partial charge in [0.15, 0.2) is 0 Å². The molecule has 0 fully saturated rings. The number of aromatic nitrogens is 2. The fourth-order valence-corrected chi connectivity index (χ4v) is 2.58. The highest BCUT2D eigenvalue weighted by molar-refractivity contribution is 5.76. The van der Waals surface area contributed by atoms with Crippen molar-refractivity contribution in [2.75, 3.05) is 0 Å². The van der Waals surface area contributed by atoms with Gasteiger partial charge >= 0.3 is 0 Å². The lowest BCUT2D eigenvalue weighted by molar-refractivity contribution is 0.385. The lowest BCUT2D eigenvalue weighted by Crippen LogP contribution is -2.24. The monoisotopic (exact) mass is 271 g/mol. The summed E-state index contributed by atoms with van der Waals surface area (Å²) in [7, 11) is 0. The number of H-pyrrole nitrogens is 1. The van der Waals surface area contributed by atoms with Gasteiger partial charge < -0.3 is 10.7 Å². The Morgan fingerprint density at radius 2 is 1.95 bits per heavy atom. The Kier molecular flexibility index (Phi) is 4.29. The van der Waals surface area contributed by atoms with E-state index in [9.17, 15) is 0 Å². The third-order valence-electron chi connectivity index (χ3n) is 3.96. The van der Waals surface area contributed by atoms with Gasteiger partial charge in [0.05, 0.1) is 17.1 Å². The number of hydrogen-bond acceptors (Lipinski definition) is 2. The minimum absolute atomic E-state index is 0.137. The van der Waals surface area contributed by atoms with Crippen LogP contribution in [-0.4, -0.2) is 9.97 Å². The Labute approximate surface area is 121 Å². The summed E-state index contributed by atoms with van der Waals surface area (Å²) in [6.45, 7) is 12.6. The SMILES string of the molecule is C=CC(C(C)C)C(N)c1nc2ccc(C(C)C)cc2[nH]1. The van der Waals surface area contributed by atoms with Crippen molar-refractivity contribution in [2.45, 2.75) is 39.7 Å². The quantitative estimate of drug-likeness (QED) is 0.803. The third kappa shape index (κ3) is 2.78. The summed E-state index contributed by atoms with van der Waals surface area (Å²) in [6, 6.07) is 6.23. The van der Waals surface area contributed by atoms with Crippen LogP contribution in [0, 0.1) is 11.8 Å². The van der Waals surface area contributed by atoms with Crippen molar-refractivity contribution in [3.05, 3.63) is 42.2 Å². The predicted molar refractivity (Wildman–Crippen MR) is 85.6 cm³/mol. The fraction of sp³-hybridized carbons (Fsp3) is 0.471. The van der Waals surface area contributed by atoms with Gasteiger partial charge in [-0.3, -0.25) is 0 Å². The number of fused-ring (bicyclic) bond motifs is 1. The van der Waals surface area contributed by atoms with E-state index in [0.717, 1.165) is 16.9 Å². The van der Waals surface area contributed by atoms with Crippen LogP contribution in [-0.2, 0) is 0 Å². The Hall–Kier alpha value is -1.61. The molecule has 3 N–H and O–H groups in total. The van der Waals surface area contributed by atoms with Crippen molar-refractivity contribution in [3.63, 3.8) is 0 Å². The molecule has 0 amide bonds. The normalized spacial score (nSPS) is 14.9. The number of rotatable bonds is 5. The van der Waals surface area contributed by atoms with Crippen molar-refractivity contribution in [1.29, 1.82) is 0 Å². The third-order valence-corrected chi connectivity index (χ3v) is 3.96. The van der Waals surface area contributed by atoms with Crippen LogP contribution >= 0.6 is 0 Å².